The first-order valence-electron chi connectivity index (χ1n) is 9.07. The number of benzene rings is 1. The molecule has 1 aliphatic rings. The average molecular weight is 351 g/mol. The first-order valence-corrected chi connectivity index (χ1v) is 9.07. The lowest BCUT2D eigenvalue weighted by molar-refractivity contribution is 0.0484. The monoisotopic (exact) mass is 351 g/mol. The maximum Gasteiger partial charge on any atom is 0.163 e. The lowest BCUT2D eigenvalue weighted by Crippen LogP contribution is -2.12. The zero-order valence-electron chi connectivity index (χ0n) is 15.1. The van der Waals surface area contributed by atoms with Crippen molar-refractivity contribution < 1.29 is 23.7 Å². The van der Waals surface area contributed by atoms with Crippen LogP contribution in [-0.2, 0) is 15.9 Å². The van der Waals surface area contributed by atoms with Gasteiger partial charge >= 0.3 is 0 Å². The van der Waals surface area contributed by atoms with Gasteiger partial charge in [-0.25, -0.2) is 0 Å². The van der Waals surface area contributed by atoms with Crippen LogP contribution < -0.4 is 15.2 Å². The van der Waals surface area contributed by atoms with Gasteiger partial charge < -0.3 is 24.7 Å². The molecule has 0 amide bonds. The topological polar surface area (TPSA) is 80.0 Å². The molecule has 6 heteroatoms. The van der Waals surface area contributed by atoms with Gasteiger partial charge in [-0.15, -0.1) is 0 Å². The van der Waals surface area contributed by atoms with E-state index in [4.69, 9.17) is 24.7 Å². The molecule has 0 radical (unpaired) electrons. The molecule has 0 aromatic heterocycles. The van der Waals surface area contributed by atoms with Crippen LogP contribution in [0.3, 0.4) is 0 Å². The summed E-state index contributed by atoms with van der Waals surface area (Å²) in [5.41, 5.74) is 7.17. The third-order valence-electron chi connectivity index (χ3n) is 3.97. The molecule has 0 heterocycles. The van der Waals surface area contributed by atoms with Crippen molar-refractivity contribution in [3.8, 4) is 11.5 Å². The quantitative estimate of drug-likeness (QED) is 0.550. The van der Waals surface area contributed by atoms with E-state index in [2.05, 4.69) is 0 Å². The van der Waals surface area contributed by atoms with Gasteiger partial charge in [0.25, 0.3) is 0 Å². The Balaban J connectivity index is 1.70. The molecule has 0 saturated carbocycles. The number of aryl methyl sites for hydroxylation is 1. The second-order valence-corrected chi connectivity index (χ2v) is 5.88. The van der Waals surface area contributed by atoms with Crippen LogP contribution in [0.2, 0.25) is 0 Å². The zero-order valence-corrected chi connectivity index (χ0v) is 15.1. The minimum atomic E-state index is 0.188. The lowest BCUT2D eigenvalue weighted by Gasteiger charge is -2.14. The van der Waals surface area contributed by atoms with Gasteiger partial charge in [0, 0.05) is 25.1 Å². The van der Waals surface area contributed by atoms with E-state index in [0.29, 0.717) is 58.4 Å². The van der Waals surface area contributed by atoms with Crippen molar-refractivity contribution in [2.45, 2.75) is 32.6 Å². The lowest BCUT2D eigenvalue weighted by atomic mass is 10.1. The second-order valence-electron chi connectivity index (χ2n) is 5.88. The van der Waals surface area contributed by atoms with E-state index in [-0.39, 0.29) is 5.78 Å². The summed E-state index contributed by atoms with van der Waals surface area (Å²) in [4.78, 5) is 11.9. The summed E-state index contributed by atoms with van der Waals surface area (Å²) >= 11 is 0. The number of carbonyl (C=O) groups is 1. The summed E-state index contributed by atoms with van der Waals surface area (Å²) in [6.07, 6.45) is 3.16. The Kier molecular flexibility index (Phi) is 8.72. The Bertz CT molecular complexity index is 547. The maximum atomic E-state index is 11.9. The van der Waals surface area contributed by atoms with Gasteiger partial charge in [-0.2, -0.15) is 0 Å². The van der Waals surface area contributed by atoms with Gasteiger partial charge in [-0.3, -0.25) is 4.79 Å². The first kappa shape index (κ1) is 19.7. The van der Waals surface area contributed by atoms with Crippen LogP contribution in [0.1, 0.15) is 42.1 Å². The fourth-order valence-corrected chi connectivity index (χ4v) is 2.73. The molecule has 25 heavy (non-hydrogen) atoms. The summed E-state index contributed by atoms with van der Waals surface area (Å²) in [6.45, 7) is 6.03. The molecule has 2 N–H and O–H groups in total. The van der Waals surface area contributed by atoms with Gasteiger partial charge in [0.15, 0.2) is 17.3 Å². The van der Waals surface area contributed by atoms with Gasteiger partial charge in [-0.1, -0.05) is 0 Å². The number of ketones is 1. The number of hydrogen-bond donors (Lipinski definition) is 1. The number of Topliss-reactive ketones (excluding diaryl/α,β-unsaturated/α-hetero) is 1. The van der Waals surface area contributed by atoms with Crippen LogP contribution in [-0.4, -0.2) is 52.0 Å². The molecule has 140 valence electrons. The Morgan fingerprint density at radius 1 is 0.920 bits per heavy atom. The van der Waals surface area contributed by atoms with E-state index in [1.807, 2.05) is 19.1 Å². The number of carbonyl (C=O) groups excluding carboxylic acids is 1. The number of unbranched alkanes of at least 4 members (excludes halogenated alkanes) is 1. The van der Waals surface area contributed by atoms with Gasteiger partial charge in [0.1, 0.15) is 0 Å². The third kappa shape index (κ3) is 6.30. The smallest absolute Gasteiger partial charge is 0.163 e. The standard InChI is InChI=1S/C19H29NO5/c1-2-24-18-13-15-5-6-17(21)16(15)14-19(18)25-9-4-3-8-22-11-12-23-10-7-20/h13-14H,2-12,20H2,1H3. The molecule has 0 spiro atoms. The van der Waals surface area contributed by atoms with Crippen LogP contribution in [0.4, 0.5) is 0 Å². The number of nitrogens with two attached hydrogens (primary N) is 1. The van der Waals surface area contributed by atoms with Gasteiger partial charge in [-0.05, 0) is 43.9 Å². The number of fused-ring (bicyclic) bond motifs is 1. The van der Waals surface area contributed by atoms with Gasteiger partial charge in [0.2, 0.25) is 0 Å². The molecule has 1 aliphatic carbocycles. The Labute approximate surface area is 149 Å². The van der Waals surface area contributed by atoms with Crippen molar-refractivity contribution in [2.24, 2.45) is 5.73 Å². The minimum Gasteiger partial charge on any atom is -0.490 e. The van der Waals surface area contributed by atoms with E-state index in [9.17, 15) is 4.79 Å². The van der Waals surface area contributed by atoms with Crippen LogP contribution in [0.25, 0.3) is 0 Å². The fraction of sp³-hybridized carbons (Fsp3) is 0.632. The van der Waals surface area contributed by atoms with Crippen molar-refractivity contribution in [1.29, 1.82) is 0 Å². The summed E-state index contributed by atoms with van der Waals surface area (Å²) in [6, 6.07) is 3.78. The Morgan fingerprint density at radius 2 is 1.64 bits per heavy atom. The normalized spacial score (nSPS) is 13.1. The summed E-state index contributed by atoms with van der Waals surface area (Å²) in [7, 11) is 0. The maximum absolute atomic E-state index is 11.9. The van der Waals surface area contributed by atoms with Crippen molar-refractivity contribution >= 4 is 5.78 Å². The number of hydrogen-bond acceptors (Lipinski definition) is 6. The average Bonchev–Trinajstić information content (AvgIpc) is 2.97. The summed E-state index contributed by atoms with van der Waals surface area (Å²) in [5.74, 6) is 1.57. The van der Waals surface area contributed by atoms with Gasteiger partial charge in [0.05, 0.1) is 33.0 Å². The van der Waals surface area contributed by atoms with E-state index >= 15 is 0 Å². The predicted octanol–water partition coefficient (Wildman–Crippen LogP) is 2.37. The number of rotatable bonds is 13. The van der Waals surface area contributed by atoms with Crippen LogP contribution in [0, 0.1) is 0 Å². The zero-order chi connectivity index (χ0) is 17.9. The SMILES string of the molecule is CCOc1cc2c(cc1OCCCCOCCOCCN)C(=O)CC2. The summed E-state index contributed by atoms with van der Waals surface area (Å²) in [5, 5.41) is 0. The molecule has 6 nitrogen and oxygen atoms in total. The predicted molar refractivity (Wildman–Crippen MR) is 95.7 cm³/mol. The highest BCUT2D eigenvalue weighted by Crippen LogP contribution is 2.35. The molecule has 1 aromatic rings. The highest BCUT2D eigenvalue weighted by Gasteiger charge is 2.22. The third-order valence-corrected chi connectivity index (χ3v) is 3.97. The van der Waals surface area contributed by atoms with Crippen molar-refractivity contribution in [1.82, 2.24) is 0 Å². The molecule has 2 rings (SSSR count). The second kappa shape index (κ2) is 11.1. The molecular weight excluding hydrogens is 322 g/mol. The highest BCUT2D eigenvalue weighted by atomic mass is 16.5. The van der Waals surface area contributed by atoms with Crippen molar-refractivity contribution in [2.75, 3.05) is 46.2 Å². The molecule has 0 bridgehead atoms. The number of ether oxygens (including phenoxy) is 4. The minimum absolute atomic E-state index is 0.188. The molecule has 0 saturated heterocycles. The largest absolute Gasteiger partial charge is 0.490 e. The Hall–Kier alpha value is -1.63. The Morgan fingerprint density at radius 3 is 2.40 bits per heavy atom. The van der Waals surface area contributed by atoms with E-state index in [1.54, 1.807) is 0 Å². The molecule has 0 unspecified atom stereocenters. The summed E-state index contributed by atoms with van der Waals surface area (Å²) < 4.78 is 22.2. The van der Waals surface area contributed by atoms with Crippen LogP contribution in [0.15, 0.2) is 12.1 Å². The molecule has 0 fully saturated rings. The molecule has 0 aliphatic heterocycles. The van der Waals surface area contributed by atoms with E-state index in [1.165, 1.54) is 0 Å². The van der Waals surface area contributed by atoms with E-state index in [0.717, 1.165) is 36.1 Å². The van der Waals surface area contributed by atoms with Crippen LogP contribution >= 0.6 is 0 Å². The fourth-order valence-electron chi connectivity index (χ4n) is 2.73. The molecule has 0 atom stereocenters. The molecule has 1 aromatic carbocycles. The molecular formula is C19H29NO5. The van der Waals surface area contributed by atoms with Crippen molar-refractivity contribution in [3.63, 3.8) is 0 Å². The van der Waals surface area contributed by atoms with Crippen LogP contribution in [0.5, 0.6) is 11.5 Å². The van der Waals surface area contributed by atoms with E-state index < -0.39 is 0 Å². The highest BCUT2D eigenvalue weighted by molar-refractivity contribution is 6.01. The first-order chi connectivity index (χ1) is 12.3. The van der Waals surface area contributed by atoms with Crippen molar-refractivity contribution in [3.05, 3.63) is 23.3 Å².